The Morgan fingerprint density at radius 2 is 2.06 bits per heavy atom. The van der Waals surface area contributed by atoms with Gasteiger partial charge in [0.05, 0.1) is 0 Å². The molecule has 1 aliphatic rings. The molecule has 0 spiro atoms. The lowest BCUT2D eigenvalue weighted by molar-refractivity contribution is 0.0261. The van der Waals surface area contributed by atoms with Gasteiger partial charge in [-0.05, 0) is 62.4 Å². The minimum absolute atomic E-state index is 0.434. The van der Waals surface area contributed by atoms with Gasteiger partial charge in [0, 0.05) is 33.4 Å². The second-order valence-corrected chi connectivity index (χ2v) is 7.29. The Morgan fingerprint density at radius 3 is 2.47 bits per heavy atom. The summed E-state index contributed by atoms with van der Waals surface area (Å²) in [6, 6.07) is 2.23. The van der Waals surface area contributed by atoms with Crippen molar-refractivity contribution < 1.29 is 0 Å². The first-order valence-corrected chi connectivity index (χ1v) is 7.78. The molecule has 96 valence electrons. The molecule has 1 aromatic heterocycles. The van der Waals surface area contributed by atoms with E-state index < -0.39 is 0 Å². The summed E-state index contributed by atoms with van der Waals surface area (Å²) >= 11 is 5.35. The summed E-state index contributed by atoms with van der Waals surface area (Å²) in [4.78, 5) is 6.31. The van der Waals surface area contributed by atoms with Crippen LogP contribution >= 0.6 is 27.3 Å². The Labute approximate surface area is 117 Å². The van der Waals surface area contributed by atoms with Gasteiger partial charge in [-0.3, -0.25) is 4.90 Å². The zero-order valence-electron chi connectivity index (χ0n) is 10.9. The highest BCUT2D eigenvalue weighted by Gasteiger charge is 2.39. The maximum atomic E-state index is 3.52. The molecule has 0 bridgehead atoms. The molecule has 0 amide bonds. The molecule has 0 N–H and O–H groups in total. The van der Waals surface area contributed by atoms with E-state index in [1.54, 1.807) is 0 Å². The molecule has 0 aliphatic heterocycles. The first-order chi connectivity index (χ1) is 8.02. The van der Waals surface area contributed by atoms with Gasteiger partial charge in [0.2, 0.25) is 0 Å². The van der Waals surface area contributed by atoms with E-state index in [2.05, 4.69) is 58.3 Å². The van der Waals surface area contributed by atoms with Crippen molar-refractivity contribution >= 4 is 27.3 Å². The number of hydrogen-bond acceptors (Lipinski definition) is 3. The normalized spacial score (nSPS) is 18.7. The molecule has 1 saturated carbocycles. The third kappa shape index (κ3) is 3.11. The summed E-state index contributed by atoms with van der Waals surface area (Å²) in [5.41, 5.74) is 0.434. The molecule has 17 heavy (non-hydrogen) atoms. The molecule has 4 heteroatoms. The number of hydrogen-bond donors (Lipinski definition) is 0. The molecule has 1 heterocycles. The van der Waals surface area contributed by atoms with Crippen LogP contribution in [0.1, 0.15) is 24.1 Å². The molecule has 2 rings (SSSR count). The quantitative estimate of drug-likeness (QED) is 0.821. The summed E-state index contributed by atoms with van der Waals surface area (Å²) in [6.45, 7) is 2.24. The summed E-state index contributed by atoms with van der Waals surface area (Å²) in [5, 5.41) is 2.16. The standard InChI is InChI=1S/C13H21BrN2S/c1-15(2)13(5-4-6-13)10-16(3)8-12-7-11(14)9-17-12/h7,9H,4-6,8,10H2,1-3H3. The van der Waals surface area contributed by atoms with Crippen LogP contribution in [0.15, 0.2) is 15.9 Å². The fourth-order valence-electron chi connectivity index (χ4n) is 2.59. The van der Waals surface area contributed by atoms with Crippen LogP contribution in [0.5, 0.6) is 0 Å². The van der Waals surface area contributed by atoms with E-state index in [0.717, 1.165) is 6.54 Å². The van der Waals surface area contributed by atoms with Crippen LogP contribution in [-0.4, -0.2) is 43.0 Å². The minimum atomic E-state index is 0.434. The van der Waals surface area contributed by atoms with Crippen molar-refractivity contribution in [1.82, 2.24) is 9.80 Å². The average molecular weight is 317 g/mol. The van der Waals surface area contributed by atoms with Gasteiger partial charge >= 0.3 is 0 Å². The molecular formula is C13H21BrN2S. The molecule has 1 aliphatic carbocycles. The first kappa shape index (κ1) is 13.5. The molecule has 0 aromatic carbocycles. The zero-order valence-corrected chi connectivity index (χ0v) is 13.3. The summed E-state index contributed by atoms with van der Waals surface area (Å²) in [6.07, 6.45) is 4.08. The molecule has 0 radical (unpaired) electrons. The van der Waals surface area contributed by atoms with Gasteiger partial charge in [0.15, 0.2) is 0 Å². The number of rotatable bonds is 5. The van der Waals surface area contributed by atoms with Gasteiger partial charge < -0.3 is 4.90 Å². The number of likely N-dealkylation sites (N-methyl/N-ethyl adjacent to an activating group) is 2. The minimum Gasteiger partial charge on any atom is -0.302 e. The lowest BCUT2D eigenvalue weighted by atomic mass is 9.75. The van der Waals surface area contributed by atoms with Crippen LogP contribution in [0.3, 0.4) is 0 Å². The van der Waals surface area contributed by atoms with Gasteiger partial charge in [-0.25, -0.2) is 0 Å². The van der Waals surface area contributed by atoms with Crippen LogP contribution < -0.4 is 0 Å². The number of halogens is 1. The predicted molar refractivity (Wildman–Crippen MR) is 78.6 cm³/mol. The molecule has 0 unspecified atom stereocenters. The summed E-state index contributed by atoms with van der Waals surface area (Å²) in [5.74, 6) is 0. The van der Waals surface area contributed by atoms with E-state index in [1.165, 1.54) is 35.2 Å². The first-order valence-electron chi connectivity index (χ1n) is 6.11. The van der Waals surface area contributed by atoms with E-state index in [9.17, 15) is 0 Å². The molecule has 0 saturated heterocycles. The van der Waals surface area contributed by atoms with Crippen molar-refractivity contribution in [2.24, 2.45) is 0 Å². The van der Waals surface area contributed by atoms with E-state index in [0.29, 0.717) is 5.54 Å². The van der Waals surface area contributed by atoms with Crippen LogP contribution in [0.2, 0.25) is 0 Å². The predicted octanol–water partition coefficient (Wildman–Crippen LogP) is 3.43. The molecule has 2 nitrogen and oxygen atoms in total. The van der Waals surface area contributed by atoms with Crippen LogP contribution in [0.4, 0.5) is 0 Å². The second-order valence-electron chi connectivity index (χ2n) is 5.38. The van der Waals surface area contributed by atoms with Gasteiger partial charge in [0.1, 0.15) is 0 Å². The molecule has 1 aromatic rings. The maximum absolute atomic E-state index is 3.52. The Morgan fingerprint density at radius 1 is 1.35 bits per heavy atom. The van der Waals surface area contributed by atoms with Crippen molar-refractivity contribution in [2.45, 2.75) is 31.3 Å². The fraction of sp³-hybridized carbons (Fsp3) is 0.692. The SMILES string of the molecule is CN(Cc1cc(Br)cs1)CC1(N(C)C)CCC1. The zero-order chi connectivity index (χ0) is 12.5. The smallest absolute Gasteiger partial charge is 0.0330 e. The highest BCUT2D eigenvalue weighted by atomic mass is 79.9. The van der Waals surface area contributed by atoms with Gasteiger partial charge in [0.25, 0.3) is 0 Å². The Bertz CT molecular complexity index is 371. The number of thiophene rings is 1. The molecular weight excluding hydrogens is 296 g/mol. The van der Waals surface area contributed by atoms with Gasteiger partial charge in [-0.2, -0.15) is 0 Å². The maximum Gasteiger partial charge on any atom is 0.0330 e. The third-order valence-corrected chi connectivity index (χ3v) is 5.53. The van der Waals surface area contributed by atoms with Crippen LogP contribution in [0.25, 0.3) is 0 Å². The Balaban J connectivity index is 1.90. The van der Waals surface area contributed by atoms with Crippen molar-refractivity contribution in [1.29, 1.82) is 0 Å². The van der Waals surface area contributed by atoms with Crippen LogP contribution in [0, 0.1) is 0 Å². The molecule has 0 atom stereocenters. The highest BCUT2D eigenvalue weighted by Crippen LogP contribution is 2.37. The second kappa shape index (κ2) is 5.39. The Hall–Kier alpha value is 0.1000. The fourth-order valence-corrected chi connectivity index (χ4v) is 4.12. The van der Waals surface area contributed by atoms with Gasteiger partial charge in [-0.1, -0.05) is 0 Å². The highest BCUT2D eigenvalue weighted by molar-refractivity contribution is 9.10. The van der Waals surface area contributed by atoms with E-state index in [4.69, 9.17) is 0 Å². The lowest BCUT2D eigenvalue weighted by Gasteiger charge is -2.49. The number of nitrogens with zero attached hydrogens (tertiary/aromatic N) is 2. The monoisotopic (exact) mass is 316 g/mol. The van der Waals surface area contributed by atoms with Crippen molar-refractivity contribution in [2.75, 3.05) is 27.7 Å². The van der Waals surface area contributed by atoms with E-state index in [-0.39, 0.29) is 0 Å². The van der Waals surface area contributed by atoms with Crippen molar-refractivity contribution in [3.63, 3.8) is 0 Å². The largest absolute Gasteiger partial charge is 0.302 e. The van der Waals surface area contributed by atoms with Gasteiger partial charge in [-0.15, -0.1) is 11.3 Å². The Kier molecular flexibility index (Phi) is 4.29. The van der Waals surface area contributed by atoms with E-state index >= 15 is 0 Å². The summed E-state index contributed by atoms with van der Waals surface area (Å²) in [7, 11) is 6.67. The topological polar surface area (TPSA) is 6.48 Å². The van der Waals surface area contributed by atoms with E-state index in [1.807, 2.05) is 11.3 Å². The van der Waals surface area contributed by atoms with Crippen LogP contribution in [-0.2, 0) is 6.54 Å². The molecule has 1 fully saturated rings. The average Bonchev–Trinajstić information content (AvgIpc) is 2.57. The van der Waals surface area contributed by atoms with Crippen molar-refractivity contribution in [3.8, 4) is 0 Å². The third-order valence-electron chi connectivity index (χ3n) is 3.84. The summed E-state index contributed by atoms with van der Waals surface area (Å²) < 4.78 is 1.21. The lowest BCUT2D eigenvalue weighted by Crippen LogP contribution is -2.56. The van der Waals surface area contributed by atoms with Crippen molar-refractivity contribution in [3.05, 3.63) is 20.8 Å².